The molecule has 3 N–H and O–H groups in total. The van der Waals surface area contributed by atoms with Crippen molar-refractivity contribution in [3.8, 4) is 0 Å². The van der Waals surface area contributed by atoms with E-state index in [9.17, 15) is 5.11 Å². The van der Waals surface area contributed by atoms with E-state index in [2.05, 4.69) is 0 Å². The summed E-state index contributed by atoms with van der Waals surface area (Å²) < 4.78 is 0. The summed E-state index contributed by atoms with van der Waals surface area (Å²) in [6.07, 6.45) is -0.322. The second kappa shape index (κ2) is 4.33. The van der Waals surface area contributed by atoms with Gasteiger partial charge in [-0.2, -0.15) is 0 Å². The van der Waals surface area contributed by atoms with Crippen LogP contribution in [0.4, 0.5) is 11.4 Å². The van der Waals surface area contributed by atoms with E-state index in [1.165, 1.54) is 0 Å². The number of hydrogen-bond donors (Lipinski definition) is 2. The molecule has 1 unspecified atom stereocenters. The molecule has 14 heavy (non-hydrogen) atoms. The molecule has 0 aromatic heterocycles. The maximum atomic E-state index is 9.26. The molecule has 0 spiro atoms. The number of nitrogen functional groups attached to an aromatic ring is 1. The summed E-state index contributed by atoms with van der Waals surface area (Å²) in [6.45, 7) is 4.43. The van der Waals surface area contributed by atoms with Crippen LogP contribution in [0.15, 0.2) is 18.2 Å². The van der Waals surface area contributed by atoms with Crippen LogP contribution in [0.3, 0.4) is 0 Å². The Morgan fingerprint density at radius 2 is 2.14 bits per heavy atom. The molecule has 1 aromatic rings. The number of aliphatic hydroxyl groups is 1. The van der Waals surface area contributed by atoms with Gasteiger partial charge in [0, 0.05) is 25.0 Å². The lowest BCUT2D eigenvalue weighted by molar-refractivity contribution is 0.201. The lowest BCUT2D eigenvalue weighted by atomic mass is 10.1. The number of nitrogens with zero attached hydrogens (tertiary/aromatic N) is 1. The summed E-state index contributed by atoms with van der Waals surface area (Å²) in [6, 6.07) is 5.79. The Hall–Kier alpha value is -1.22. The summed E-state index contributed by atoms with van der Waals surface area (Å²) in [5, 5.41) is 9.26. The largest absolute Gasteiger partial charge is 0.399 e. The van der Waals surface area contributed by atoms with Crippen LogP contribution in [0, 0.1) is 6.92 Å². The standard InChI is InChI=1S/C11H18N2O/c1-8-6-10(12)4-5-11(8)13(3)7-9(2)14/h4-6,9,14H,7,12H2,1-3H3. The van der Waals surface area contributed by atoms with Crippen molar-refractivity contribution in [1.29, 1.82) is 0 Å². The zero-order chi connectivity index (χ0) is 10.7. The first-order valence-corrected chi connectivity index (χ1v) is 4.76. The fourth-order valence-electron chi connectivity index (χ4n) is 1.60. The second-order valence-electron chi connectivity index (χ2n) is 3.78. The highest BCUT2D eigenvalue weighted by molar-refractivity contribution is 5.58. The van der Waals surface area contributed by atoms with Crippen molar-refractivity contribution in [2.75, 3.05) is 24.2 Å². The number of nitrogens with two attached hydrogens (primary N) is 1. The first-order chi connectivity index (χ1) is 6.50. The zero-order valence-electron chi connectivity index (χ0n) is 8.99. The lowest BCUT2D eigenvalue weighted by Crippen LogP contribution is -2.27. The summed E-state index contributed by atoms with van der Waals surface area (Å²) in [5.74, 6) is 0. The van der Waals surface area contributed by atoms with Crippen molar-refractivity contribution < 1.29 is 5.11 Å². The molecule has 0 saturated carbocycles. The zero-order valence-corrected chi connectivity index (χ0v) is 8.99. The first-order valence-electron chi connectivity index (χ1n) is 4.76. The monoisotopic (exact) mass is 194 g/mol. The third-order valence-electron chi connectivity index (χ3n) is 2.17. The number of benzene rings is 1. The molecule has 1 aromatic carbocycles. The third-order valence-corrected chi connectivity index (χ3v) is 2.17. The molecule has 0 heterocycles. The Balaban J connectivity index is 2.84. The quantitative estimate of drug-likeness (QED) is 0.715. The fraction of sp³-hybridized carbons (Fsp3) is 0.455. The molecule has 3 heteroatoms. The first kappa shape index (κ1) is 10.9. The van der Waals surface area contributed by atoms with E-state index in [1.807, 2.05) is 37.1 Å². The number of aryl methyl sites for hydroxylation is 1. The van der Waals surface area contributed by atoms with Crippen LogP contribution in [-0.4, -0.2) is 24.8 Å². The average molecular weight is 194 g/mol. The molecule has 0 amide bonds. The van der Waals surface area contributed by atoms with Crippen molar-refractivity contribution in [2.45, 2.75) is 20.0 Å². The van der Waals surface area contributed by atoms with Gasteiger partial charge in [-0.25, -0.2) is 0 Å². The topological polar surface area (TPSA) is 49.5 Å². The third kappa shape index (κ3) is 2.64. The summed E-state index contributed by atoms with van der Waals surface area (Å²) in [5.41, 5.74) is 8.68. The number of anilines is 2. The van der Waals surface area contributed by atoms with Gasteiger partial charge in [0.1, 0.15) is 0 Å². The van der Waals surface area contributed by atoms with Gasteiger partial charge in [0.25, 0.3) is 0 Å². The van der Waals surface area contributed by atoms with Crippen molar-refractivity contribution >= 4 is 11.4 Å². The highest BCUT2D eigenvalue weighted by Crippen LogP contribution is 2.21. The normalized spacial score (nSPS) is 12.6. The Morgan fingerprint density at radius 3 is 2.64 bits per heavy atom. The predicted octanol–water partition coefficient (Wildman–Crippen LogP) is 1.39. The van der Waals surface area contributed by atoms with E-state index in [1.54, 1.807) is 6.92 Å². The van der Waals surface area contributed by atoms with Gasteiger partial charge >= 0.3 is 0 Å². The van der Waals surface area contributed by atoms with E-state index < -0.39 is 0 Å². The number of rotatable bonds is 3. The molecule has 1 atom stereocenters. The Bertz CT molecular complexity index is 310. The van der Waals surface area contributed by atoms with Gasteiger partial charge in [-0.3, -0.25) is 0 Å². The maximum absolute atomic E-state index is 9.26. The number of aliphatic hydroxyl groups excluding tert-OH is 1. The molecular weight excluding hydrogens is 176 g/mol. The molecule has 0 radical (unpaired) electrons. The van der Waals surface area contributed by atoms with E-state index in [-0.39, 0.29) is 6.10 Å². The van der Waals surface area contributed by atoms with Crippen LogP contribution in [0.1, 0.15) is 12.5 Å². The highest BCUT2D eigenvalue weighted by atomic mass is 16.3. The molecule has 0 bridgehead atoms. The fourth-order valence-corrected chi connectivity index (χ4v) is 1.60. The van der Waals surface area contributed by atoms with Gasteiger partial charge in [-0.1, -0.05) is 0 Å². The number of hydrogen-bond acceptors (Lipinski definition) is 3. The van der Waals surface area contributed by atoms with Crippen LogP contribution in [0.2, 0.25) is 0 Å². The molecule has 0 aliphatic heterocycles. The van der Waals surface area contributed by atoms with Crippen LogP contribution in [0.5, 0.6) is 0 Å². The molecule has 0 fully saturated rings. The molecule has 1 rings (SSSR count). The molecule has 0 saturated heterocycles. The van der Waals surface area contributed by atoms with E-state index in [4.69, 9.17) is 5.73 Å². The van der Waals surface area contributed by atoms with Gasteiger partial charge in [-0.05, 0) is 37.6 Å². The average Bonchev–Trinajstić information content (AvgIpc) is 2.01. The minimum Gasteiger partial charge on any atom is -0.399 e. The summed E-state index contributed by atoms with van der Waals surface area (Å²) in [7, 11) is 1.96. The minimum absolute atomic E-state index is 0.322. The van der Waals surface area contributed by atoms with Crippen molar-refractivity contribution in [3.05, 3.63) is 23.8 Å². The molecule has 78 valence electrons. The minimum atomic E-state index is -0.322. The maximum Gasteiger partial charge on any atom is 0.0686 e. The summed E-state index contributed by atoms with van der Waals surface area (Å²) in [4.78, 5) is 2.03. The van der Waals surface area contributed by atoms with Crippen LogP contribution in [0.25, 0.3) is 0 Å². The van der Waals surface area contributed by atoms with Gasteiger partial charge < -0.3 is 15.7 Å². The Kier molecular flexibility index (Phi) is 3.36. The van der Waals surface area contributed by atoms with Crippen molar-refractivity contribution in [3.63, 3.8) is 0 Å². The van der Waals surface area contributed by atoms with Crippen molar-refractivity contribution in [2.24, 2.45) is 0 Å². The highest BCUT2D eigenvalue weighted by Gasteiger charge is 2.06. The van der Waals surface area contributed by atoms with Crippen LogP contribution in [-0.2, 0) is 0 Å². The number of likely N-dealkylation sites (N-methyl/N-ethyl adjacent to an activating group) is 1. The van der Waals surface area contributed by atoms with Gasteiger partial charge in [-0.15, -0.1) is 0 Å². The Morgan fingerprint density at radius 1 is 1.50 bits per heavy atom. The summed E-state index contributed by atoms with van der Waals surface area (Å²) >= 11 is 0. The van der Waals surface area contributed by atoms with Gasteiger partial charge in [0.05, 0.1) is 6.10 Å². The SMILES string of the molecule is Cc1cc(N)ccc1N(C)CC(C)O. The predicted molar refractivity (Wildman–Crippen MR) is 60.5 cm³/mol. The molecule has 0 aliphatic carbocycles. The Labute approximate surface area is 85.2 Å². The van der Waals surface area contributed by atoms with E-state index >= 15 is 0 Å². The van der Waals surface area contributed by atoms with Crippen LogP contribution < -0.4 is 10.6 Å². The van der Waals surface area contributed by atoms with Gasteiger partial charge in [0.15, 0.2) is 0 Å². The van der Waals surface area contributed by atoms with Crippen LogP contribution >= 0.6 is 0 Å². The van der Waals surface area contributed by atoms with Crippen molar-refractivity contribution in [1.82, 2.24) is 0 Å². The van der Waals surface area contributed by atoms with E-state index in [0.717, 1.165) is 16.9 Å². The smallest absolute Gasteiger partial charge is 0.0686 e. The lowest BCUT2D eigenvalue weighted by Gasteiger charge is -2.22. The molecule has 3 nitrogen and oxygen atoms in total. The second-order valence-corrected chi connectivity index (χ2v) is 3.78. The molecule has 0 aliphatic rings. The van der Waals surface area contributed by atoms with Gasteiger partial charge in [0.2, 0.25) is 0 Å². The molecular formula is C11H18N2O. The van der Waals surface area contributed by atoms with E-state index in [0.29, 0.717) is 6.54 Å².